The van der Waals surface area contributed by atoms with E-state index in [-0.39, 0.29) is 10.8 Å². The molecule has 0 fully saturated rings. The van der Waals surface area contributed by atoms with Crippen LogP contribution in [0.15, 0.2) is 35.0 Å². The molecule has 2 heterocycles. The first-order chi connectivity index (χ1) is 10.1. The van der Waals surface area contributed by atoms with Crippen LogP contribution in [-0.2, 0) is 0 Å². The minimum absolute atomic E-state index is 0.0324. The van der Waals surface area contributed by atoms with Crippen LogP contribution in [-0.4, -0.2) is 27.8 Å². The highest BCUT2D eigenvalue weighted by atomic mass is 35.5. The summed E-state index contributed by atoms with van der Waals surface area (Å²) in [5.74, 6) is 0.385. The van der Waals surface area contributed by atoms with Crippen molar-refractivity contribution in [2.24, 2.45) is 4.99 Å². The highest BCUT2D eigenvalue weighted by Gasteiger charge is 2.18. The Balaban J connectivity index is 2.19. The van der Waals surface area contributed by atoms with Gasteiger partial charge in [0.05, 0.1) is 29.2 Å². The van der Waals surface area contributed by atoms with E-state index in [4.69, 9.17) is 17.3 Å². The zero-order valence-corrected chi connectivity index (χ0v) is 12.1. The van der Waals surface area contributed by atoms with Crippen molar-refractivity contribution in [2.75, 3.05) is 12.3 Å². The molecule has 2 aromatic rings. The Labute approximate surface area is 126 Å². The maximum Gasteiger partial charge on any atom is 0.142 e. The van der Waals surface area contributed by atoms with Crippen molar-refractivity contribution in [1.29, 1.82) is 0 Å². The first-order valence-electron chi connectivity index (χ1n) is 6.37. The molecule has 0 radical (unpaired) electrons. The van der Waals surface area contributed by atoms with Crippen LogP contribution < -0.4 is 5.73 Å². The van der Waals surface area contributed by atoms with E-state index in [0.717, 1.165) is 16.7 Å². The van der Waals surface area contributed by atoms with E-state index < -0.39 is 0 Å². The molecule has 106 valence electrons. The Kier molecular flexibility index (Phi) is 3.35. The van der Waals surface area contributed by atoms with Crippen molar-refractivity contribution in [3.8, 4) is 17.0 Å². The fourth-order valence-electron chi connectivity index (χ4n) is 2.22. The third-order valence-electron chi connectivity index (χ3n) is 3.31. The van der Waals surface area contributed by atoms with Crippen LogP contribution in [0.4, 0.5) is 5.82 Å². The average molecular weight is 301 g/mol. The predicted octanol–water partition coefficient (Wildman–Crippen LogP) is 2.94. The lowest BCUT2D eigenvalue weighted by molar-refractivity contribution is 0.475. The Morgan fingerprint density at radius 1 is 1.29 bits per heavy atom. The molecule has 0 saturated carbocycles. The van der Waals surface area contributed by atoms with E-state index >= 15 is 0 Å². The summed E-state index contributed by atoms with van der Waals surface area (Å²) in [7, 11) is 0. The average Bonchev–Trinajstić information content (AvgIpc) is 2.88. The van der Waals surface area contributed by atoms with E-state index in [1.54, 1.807) is 12.1 Å². The van der Waals surface area contributed by atoms with Crippen LogP contribution in [0.1, 0.15) is 12.6 Å². The quantitative estimate of drug-likeness (QED) is 0.893. The summed E-state index contributed by atoms with van der Waals surface area (Å²) >= 11 is 5.98. The van der Waals surface area contributed by atoms with Crippen LogP contribution >= 0.6 is 11.6 Å². The molecule has 1 aliphatic rings. The van der Waals surface area contributed by atoms with E-state index in [2.05, 4.69) is 15.0 Å². The molecular formula is C15H13ClN4O. The SMILES string of the molecule is CC1=C(c2nc(N)cnc2-c2ccc(O)c(Cl)c2)CN=C1. The Bertz CT molecular complexity index is 783. The summed E-state index contributed by atoms with van der Waals surface area (Å²) in [5, 5.41) is 9.81. The highest BCUT2D eigenvalue weighted by Crippen LogP contribution is 2.33. The number of hydrogen-bond acceptors (Lipinski definition) is 5. The number of allylic oxidation sites excluding steroid dienone is 1. The monoisotopic (exact) mass is 300 g/mol. The van der Waals surface area contributed by atoms with Gasteiger partial charge in [0.15, 0.2) is 0 Å². The molecule has 21 heavy (non-hydrogen) atoms. The smallest absolute Gasteiger partial charge is 0.142 e. The molecule has 0 spiro atoms. The van der Waals surface area contributed by atoms with Gasteiger partial charge in [0.25, 0.3) is 0 Å². The topological polar surface area (TPSA) is 84.4 Å². The summed E-state index contributed by atoms with van der Waals surface area (Å²) in [5.41, 5.74) is 9.95. The van der Waals surface area contributed by atoms with Crippen molar-refractivity contribution >= 4 is 29.2 Å². The number of nitrogens with two attached hydrogens (primary N) is 1. The molecule has 1 aromatic carbocycles. The molecule has 0 bridgehead atoms. The zero-order valence-electron chi connectivity index (χ0n) is 11.3. The van der Waals surface area contributed by atoms with Crippen molar-refractivity contribution in [3.05, 3.63) is 40.7 Å². The van der Waals surface area contributed by atoms with Crippen molar-refractivity contribution in [3.63, 3.8) is 0 Å². The molecule has 3 rings (SSSR count). The fraction of sp³-hybridized carbons (Fsp3) is 0.133. The number of anilines is 1. The van der Waals surface area contributed by atoms with Crippen molar-refractivity contribution < 1.29 is 5.11 Å². The molecule has 3 N–H and O–H groups in total. The van der Waals surface area contributed by atoms with Gasteiger partial charge in [0.2, 0.25) is 0 Å². The minimum atomic E-state index is 0.0324. The van der Waals surface area contributed by atoms with Crippen LogP contribution in [0.2, 0.25) is 5.02 Å². The van der Waals surface area contributed by atoms with Gasteiger partial charge in [0, 0.05) is 17.4 Å². The third kappa shape index (κ3) is 2.48. The van der Waals surface area contributed by atoms with Gasteiger partial charge in [-0.3, -0.25) is 9.98 Å². The molecule has 0 amide bonds. The third-order valence-corrected chi connectivity index (χ3v) is 3.61. The molecule has 0 atom stereocenters. The standard InChI is InChI=1S/C15H13ClN4O/c1-8-5-18-6-10(8)15-14(19-7-13(17)20-15)9-2-3-12(21)11(16)4-9/h2-5,7,21H,6H2,1H3,(H2,17,20). The number of rotatable bonds is 2. The summed E-state index contributed by atoms with van der Waals surface area (Å²) in [4.78, 5) is 13.0. The van der Waals surface area contributed by atoms with Gasteiger partial charge in [0.1, 0.15) is 11.6 Å². The van der Waals surface area contributed by atoms with Gasteiger partial charge in [-0.1, -0.05) is 11.6 Å². The van der Waals surface area contributed by atoms with Crippen molar-refractivity contribution in [2.45, 2.75) is 6.92 Å². The van der Waals surface area contributed by atoms with E-state index in [1.807, 2.05) is 13.1 Å². The second-order valence-electron chi connectivity index (χ2n) is 4.79. The number of benzene rings is 1. The Hall–Kier alpha value is -2.40. The molecule has 0 saturated heterocycles. The second kappa shape index (κ2) is 5.18. The molecule has 1 aromatic heterocycles. The summed E-state index contributed by atoms with van der Waals surface area (Å²) in [6.45, 7) is 2.53. The van der Waals surface area contributed by atoms with Crippen molar-refractivity contribution in [1.82, 2.24) is 9.97 Å². The lowest BCUT2D eigenvalue weighted by atomic mass is 10.0. The van der Waals surface area contributed by atoms with Crippen LogP contribution in [0.25, 0.3) is 16.8 Å². The molecule has 0 unspecified atom stereocenters. The number of halogens is 1. The molecule has 5 nitrogen and oxygen atoms in total. The molecular weight excluding hydrogens is 288 g/mol. The van der Waals surface area contributed by atoms with Gasteiger partial charge < -0.3 is 10.8 Å². The lowest BCUT2D eigenvalue weighted by Gasteiger charge is -2.11. The predicted molar refractivity (Wildman–Crippen MR) is 84.5 cm³/mol. The highest BCUT2D eigenvalue weighted by molar-refractivity contribution is 6.32. The number of nitrogen functional groups attached to an aromatic ring is 1. The van der Waals surface area contributed by atoms with Crippen LogP contribution in [0.3, 0.4) is 0 Å². The number of phenols is 1. The van der Waals surface area contributed by atoms with Gasteiger partial charge in [-0.2, -0.15) is 0 Å². The Morgan fingerprint density at radius 2 is 2.10 bits per heavy atom. The van der Waals surface area contributed by atoms with E-state index in [0.29, 0.717) is 23.8 Å². The summed E-state index contributed by atoms with van der Waals surface area (Å²) in [6, 6.07) is 4.94. The Morgan fingerprint density at radius 3 is 2.76 bits per heavy atom. The van der Waals surface area contributed by atoms with E-state index in [9.17, 15) is 5.11 Å². The minimum Gasteiger partial charge on any atom is -0.506 e. The number of nitrogens with zero attached hydrogens (tertiary/aromatic N) is 3. The summed E-state index contributed by atoms with van der Waals surface area (Å²) in [6.07, 6.45) is 3.32. The number of aromatic nitrogens is 2. The van der Waals surface area contributed by atoms with Gasteiger partial charge >= 0.3 is 0 Å². The number of aliphatic imine (C=N–C) groups is 1. The van der Waals surface area contributed by atoms with Crippen LogP contribution in [0.5, 0.6) is 5.75 Å². The number of phenolic OH excluding ortho intramolecular Hbond substituents is 1. The zero-order chi connectivity index (χ0) is 15.0. The van der Waals surface area contributed by atoms with E-state index in [1.165, 1.54) is 12.3 Å². The number of aromatic hydroxyl groups is 1. The van der Waals surface area contributed by atoms with Gasteiger partial charge in [-0.05, 0) is 30.7 Å². The lowest BCUT2D eigenvalue weighted by Crippen LogP contribution is -2.02. The largest absolute Gasteiger partial charge is 0.506 e. The maximum absolute atomic E-state index is 9.54. The summed E-state index contributed by atoms with van der Waals surface area (Å²) < 4.78 is 0. The first-order valence-corrected chi connectivity index (χ1v) is 6.75. The van der Waals surface area contributed by atoms with Crippen LogP contribution in [0, 0.1) is 0 Å². The fourth-order valence-corrected chi connectivity index (χ4v) is 2.40. The van der Waals surface area contributed by atoms with Gasteiger partial charge in [-0.15, -0.1) is 0 Å². The molecule has 1 aliphatic heterocycles. The number of hydrogen-bond donors (Lipinski definition) is 2. The second-order valence-corrected chi connectivity index (χ2v) is 5.20. The molecule has 6 heteroatoms. The first kappa shape index (κ1) is 13.6. The maximum atomic E-state index is 9.54. The molecule has 0 aliphatic carbocycles. The normalized spacial score (nSPS) is 14.0. The van der Waals surface area contributed by atoms with Gasteiger partial charge in [-0.25, -0.2) is 4.98 Å².